The first-order chi connectivity index (χ1) is 7.88. The summed E-state index contributed by atoms with van der Waals surface area (Å²) in [6.07, 6.45) is -4.56. The van der Waals surface area contributed by atoms with Crippen molar-refractivity contribution < 1.29 is 17.9 Å². The predicted molar refractivity (Wildman–Crippen MR) is 59.9 cm³/mol. The van der Waals surface area contributed by atoms with Crippen LogP contribution in [-0.4, -0.2) is 19.5 Å². The van der Waals surface area contributed by atoms with E-state index >= 15 is 0 Å². The molecule has 2 nitrogen and oxygen atoms in total. The molecule has 0 bridgehead atoms. The molecule has 0 amide bonds. The Labute approximate surface area is 103 Å². The maximum Gasteiger partial charge on any atom is 0.522 e. The molecule has 1 atom stereocenters. The molecule has 17 heavy (non-hydrogen) atoms. The van der Waals surface area contributed by atoms with E-state index in [1.807, 2.05) is 19.1 Å². The first-order valence-electron chi connectivity index (χ1n) is 5.08. The third-order valence-corrected chi connectivity index (χ3v) is 2.44. The van der Waals surface area contributed by atoms with Crippen molar-refractivity contribution >= 4 is 11.6 Å². The van der Waals surface area contributed by atoms with Crippen LogP contribution in [0.3, 0.4) is 0 Å². The van der Waals surface area contributed by atoms with E-state index in [4.69, 9.17) is 11.6 Å². The van der Waals surface area contributed by atoms with Gasteiger partial charge in [-0.15, -0.1) is 13.2 Å². The molecule has 96 valence electrons. The van der Waals surface area contributed by atoms with Crippen LogP contribution in [0, 0.1) is 0 Å². The molecular weight excluding hydrogens is 255 g/mol. The molecule has 1 rings (SSSR count). The summed E-state index contributed by atoms with van der Waals surface area (Å²) >= 11 is 5.73. The molecule has 1 aromatic carbocycles. The lowest BCUT2D eigenvalue weighted by atomic mass is 10.1. The van der Waals surface area contributed by atoms with Gasteiger partial charge in [-0.05, 0) is 24.6 Å². The largest absolute Gasteiger partial charge is 0.522 e. The van der Waals surface area contributed by atoms with E-state index in [1.165, 1.54) is 0 Å². The number of nitrogens with one attached hydrogen (secondary N) is 1. The van der Waals surface area contributed by atoms with Crippen LogP contribution in [-0.2, 0) is 4.74 Å². The van der Waals surface area contributed by atoms with Crippen molar-refractivity contribution in [2.75, 3.05) is 13.2 Å². The molecule has 0 spiro atoms. The lowest BCUT2D eigenvalue weighted by Crippen LogP contribution is -2.26. The van der Waals surface area contributed by atoms with Gasteiger partial charge < -0.3 is 5.32 Å². The first-order valence-corrected chi connectivity index (χ1v) is 5.46. The van der Waals surface area contributed by atoms with E-state index in [0.29, 0.717) is 5.02 Å². The van der Waals surface area contributed by atoms with E-state index in [9.17, 15) is 13.2 Å². The smallest absolute Gasteiger partial charge is 0.308 e. The molecule has 0 aliphatic carbocycles. The van der Waals surface area contributed by atoms with Gasteiger partial charge in [-0.1, -0.05) is 23.7 Å². The Hall–Kier alpha value is -0.780. The van der Waals surface area contributed by atoms with Gasteiger partial charge in [0.15, 0.2) is 0 Å². The second-order valence-corrected chi connectivity index (χ2v) is 3.96. The fourth-order valence-electron chi connectivity index (χ4n) is 1.31. The summed E-state index contributed by atoms with van der Waals surface area (Å²) in [5, 5.41) is 3.55. The Morgan fingerprint density at radius 2 is 1.88 bits per heavy atom. The Morgan fingerprint density at radius 1 is 1.29 bits per heavy atom. The summed E-state index contributed by atoms with van der Waals surface area (Å²) in [6, 6.07) is 7.07. The third-order valence-electron chi connectivity index (χ3n) is 2.19. The van der Waals surface area contributed by atoms with Gasteiger partial charge in [-0.3, -0.25) is 4.74 Å². The van der Waals surface area contributed by atoms with Gasteiger partial charge in [-0.2, -0.15) is 0 Å². The minimum Gasteiger partial charge on any atom is -0.308 e. The molecule has 1 aromatic rings. The molecule has 0 aliphatic rings. The summed E-state index contributed by atoms with van der Waals surface area (Å²) in [6.45, 7) is 1.58. The Kier molecular flexibility index (Phi) is 5.24. The minimum absolute atomic E-state index is 0.0518. The topological polar surface area (TPSA) is 21.3 Å². The van der Waals surface area contributed by atoms with Crippen LogP contribution < -0.4 is 5.32 Å². The van der Waals surface area contributed by atoms with Crippen molar-refractivity contribution in [1.82, 2.24) is 5.32 Å². The van der Waals surface area contributed by atoms with E-state index < -0.39 is 13.0 Å². The summed E-state index contributed by atoms with van der Waals surface area (Å²) in [4.78, 5) is 0. The first kappa shape index (κ1) is 14.3. The zero-order valence-electron chi connectivity index (χ0n) is 9.22. The van der Waals surface area contributed by atoms with E-state index in [0.717, 1.165) is 5.56 Å². The highest BCUT2D eigenvalue weighted by Gasteiger charge is 2.28. The van der Waals surface area contributed by atoms with Crippen molar-refractivity contribution in [3.63, 3.8) is 0 Å². The lowest BCUT2D eigenvalue weighted by molar-refractivity contribution is -0.323. The quantitative estimate of drug-likeness (QED) is 0.824. The molecule has 0 unspecified atom stereocenters. The normalized spacial score (nSPS) is 13.7. The molecule has 0 heterocycles. The van der Waals surface area contributed by atoms with Gasteiger partial charge in [-0.25, -0.2) is 0 Å². The van der Waals surface area contributed by atoms with E-state index in [2.05, 4.69) is 10.1 Å². The second-order valence-electron chi connectivity index (χ2n) is 3.52. The molecular formula is C11H13ClF3NO. The fraction of sp³-hybridized carbons (Fsp3) is 0.455. The maximum atomic E-state index is 11.7. The van der Waals surface area contributed by atoms with Crippen LogP contribution in [0.25, 0.3) is 0 Å². The molecule has 0 radical (unpaired) electrons. The van der Waals surface area contributed by atoms with Gasteiger partial charge in [0.1, 0.15) is 0 Å². The SMILES string of the molecule is C[C@H](NCCOC(F)(F)F)c1ccc(Cl)cc1. The van der Waals surface area contributed by atoms with Crippen LogP contribution >= 0.6 is 11.6 Å². The summed E-state index contributed by atoms with van der Waals surface area (Å²) in [5.74, 6) is 0. The van der Waals surface area contributed by atoms with Gasteiger partial charge in [0.25, 0.3) is 0 Å². The molecule has 0 saturated heterocycles. The van der Waals surface area contributed by atoms with Crippen molar-refractivity contribution in [2.24, 2.45) is 0 Å². The number of alkyl halides is 3. The molecule has 6 heteroatoms. The highest BCUT2D eigenvalue weighted by molar-refractivity contribution is 6.30. The average Bonchev–Trinajstić information content (AvgIpc) is 2.24. The van der Waals surface area contributed by atoms with Crippen molar-refractivity contribution in [2.45, 2.75) is 19.3 Å². The highest BCUT2D eigenvalue weighted by Crippen LogP contribution is 2.17. The number of hydrogen-bond acceptors (Lipinski definition) is 2. The zero-order chi connectivity index (χ0) is 12.9. The standard InChI is InChI=1S/C11H13ClF3NO/c1-8(9-2-4-10(12)5-3-9)16-6-7-17-11(13,14)15/h2-5,8,16H,6-7H2,1H3/t8-/m0/s1. The number of benzene rings is 1. The fourth-order valence-corrected chi connectivity index (χ4v) is 1.44. The van der Waals surface area contributed by atoms with Crippen LogP contribution in [0.2, 0.25) is 5.02 Å². The van der Waals surface area contributed by atoms with Gasteiger partial charge in [0.05, 0.1) is 6.61 Å². The molecule has 1 N–H and O–H groups in total. The van der Waals surface area contributed by atoms with Crippen LogP contribution in [0.4, 0.5) is 13.2 Å². The zero-order valence-corrected chi connectivity index (χ0v) is 9.98. The Balaban J connectivity index is 2.30. The Bertz CT molecular complexity index is 340. The molecule has 0 aliphatic heterocycles. The predicted octanol–water partition coefficient (Wildman–Crippen LogP) is 3.53. The highest BCUT2D eigenvalue weighted by atomic mass is 35.5. The van der Waals surface area contributed by atoms with Gasteiger partial charge in [0, 0.05) is 17.6 Å². The van der Waals surface area contributed by atoms with E-state index in [1.54, 1.807) is 12.1 Å². The van der Waals surface area contributed by atoms with Crippen LogP contribution in [0.1, 0.15) is 18.5 Å². The summed E-state index contributed by atoms with van der Waals surface area (Å²) in [7, 11) is 0. The minimum atomic E-state index is -4.56. The summed E-state index contributed by atoms with van der Waals surface area (Å²) < 4.78 is 38.7. The van der Waals surface area contributed by atoms with Crippen molar-refractivity contribution in [1.29, 1.82) is 0 Å². The number of rotatable bonds is 5. The summed E-state index contributed by atoms with van der Waals surface area (Å²) in [5.41, 5.74) is 0.960. The van der Waals surface area contributed by atoms with Crippen LogP contribution in [0.15, 0.2) is 24.3 Å². The average molecular weight is 268 g/mol. The van der Waals surface area contributed by atoms with Gasteiger partial charge in [0.2, 0.25) is 0 Å². The molecule has 0 aromatic heterocycles. The van der Waals surface area contributed by atoms with Gasteiger partial charge >= 0.3 is 6.36 Å². The number of halogens is 4. The number of hydrogen-bond donors (Lipinski definition) is 1. The lowest BCUT2D eigenvalue weighted by Gasteiger charge is -2.15. The molecule has 0 saturated carbocycles. The third kappa shape index (κ3) is 5.91. The van der Waals surface area contributed by atoms with Crippen LogP contribution in [0.5, 0.6) is 0 Å². The van der Waals surface area contributed by atoms with Crippen molar-refractivity contribution in [3.05, 3.63) is 34.9 Å². The second kappa shape index (κ2) is 6.23. The maximum absolute atomic E-state index is 11.7. The van der Waals surface area contributed by atoms with E-state index in [-0.39, 0.29) is 12.6 Å². The monoisotopic (exact) mass is 267 g/mol. The number of ether oxygens (including phenoxy) is 1. The van der Waals surface area contributed by atoms with Crippen molar-refractivity contribution in [3.8, 4) is 0 Å². The Morgan fingerprint density at radius 3 is 2.41 bits per heavy atom. The molecule has 0 fully saturated rings.